The number of hydrogen-bond acceptors (Lipinski definition) is 5. The van der Waals surface area contributed by atoms with Crippen molar-refractivity contribution in [3.63, 3.8) is 0 Å². The van der Waals surface area contributed by atoms with Crippen LogP contribution in [-0.2, 0) is 22.4 Å². The molecule has 5 rings (SSSR count). The number of fused-ring (bicyclic) bond motifs is 2. The fraction of sp³-hybridized carbons (Fsp3) is 0.409. The molecule has 0 bridgehead atoms. The highest BCUT2D eigenvalue weighted by atomic mass is 19.1. The van der Waals surface area contributed by atoms with Crippen LogP contribution >= 0.6 is 0 Å². The Hall–Kier alpha value is -2.71. The van der Waals surface area contributed by atoms with Crippen LogP contribution in [0.2, 0.25) is 0 Å². The van der Waals surface area contributed by atoms with Crippen LogP contribution in [-0.4, -0.2) is 35.1 Å². The summed E-state index contributed by atoms with van der Waals surface area (Å²) in [6, 6.07) is 8.09. The van der Waals surface area contributed by atoms with E-state index in [2.05, 4.69) is 15.3 Å². The minimum atomic E-state index is -0.773. The van der Waals surface area contributed by atoms with Crippen LogP contribution in [0.25, 0.3) is 11.0 Å². The van der Waals surface area contributed by atoms with Crippen LogP contribution in [0.1, 0.15) is 30.9 Å². The number of nitrogens with zero attached hydrogens (tertiary/aromatic N) is 1. The van der Waals surface area contributed by atoms with Gasteiger partial charge >= 0.3 is 0 Å². The van der Waals surface area contributed by atoms with Crippen LogP contribution in [0, 0.1) is 11.6 Å². The zero-order valence-electron chi connectivity index (χ0n) is 16.6. The second kappa shape index (κ2) is 7.52. The predicted molar refractivity (Wildman–Crippen MR) is 107 cm³/mol. The van der Waals surface area contributed by atoms with Gasteiger partial charge in [0.05, 0.1) is 24.2 Å². The van der Waals surface area contributed by atoms with E-state index in [0.717, 1.165) is 29.6 Å². The minimum Gasteiger partial charge on any atom is -0.429 e. The van der Waals surface area contributed by atoms with E-state index in [4.69, 9.17) is 14.2 Å². The summed E-state index contributed by atoms with van der Waals surface area (Å²) in [5.74, 6) is -1.91. The van der Waals surface area contributed by atoms with Crippen molar-refractivity contribution in [2.75, 3.05) is 18.5 Å². The normalized spacial score (nSPS) is 23.1. The van der Waals surface area contributed by atoms with Gasteiger partial charge in [0, 0.05) is 30.6 Å². The third kappa shape index (κ3) is 3.30. The summed E-state index contributed by atoms with van der Waals surface area (Å²) in [6.07, 6.45) is 2.14. The summed E-state index contributed by atoms with van der Waals surface area (Å²) in [5.41, 5.74) is 3.32. The quantitative estimate of drug-likeness (QED) is 0.628. The Bertz CT molecular complexity index is 1050. The molecule has 0 aliphatic carbocycles. The number of halogens is 2. The van der Waals surface area contributed by atoms with Crippen LogP contribution < -0.4 is 10.1 Å². The van der Waals surface area contributed by atoms with Gasteiger partial charge in [-0.1, -0.05) is 13.0 Å². The molecule has 0 spiro atoms. The maximum absolute atomic E-state index is 14.0. The molecule has 2 N–H and O–H groups in total. The van der Waals surface area contributed by atoms with Crippen molar-refractivity contribution in [1.82, 2.24) is 9.97 Å². The number of nitrogens with one attached hydrogen (secondary N) is 2. The molecule has 0 amide bonds. The number of benzene rings is 2. The SMILES string of the molecule is CCc1cc2[nH]c(O[C@@]34CCO[C@@H]3CCO4)nc2cc1NCc1c(F)cccc1F. The zero-order valence-corrected chi connectivity index (χ0v) is 16.6. The van der Waals surface area contributed by atoms with E-state index in [1.807, 2.05) is 19.1 Å². The summed E-state index contributed by atoms with van der Waals surface area (Å²) in [4.78, 5) is 7.76. The minimum absolute atomic E-state index is 0.00968. The number of H-pyrrole nitrogens is 1. The Morgan fingerprint density at radius 3 is 2.90 bits per heavy atom. The number of aromatic nitrogens is 2. The first-order valence-corrected chi connectivity index (χ1v) is 10.2. The second-order valence-electron chi connectivity index (χ2n) is 7.64. The Morgan fingerprint density at radius 2 is 2.10 bits per heavy atom. The van der Waals surface area contributed by atoms with E-state index in [-0.39, 0.29) is 18.2 Å². The van der Waals surface area contributed by atoms with Crippen molar-refractivity contribution in [2.24, 2.45) is 0 Å². The molecular formula is C22H23F2N3O3. The van der Waals surface area contributed by atoms with Gasteiger partial charge in [0.25, 0.3) is 6.01 Å². The van der Waals surface area contributed by atoms with Crippen LogP contribution in [0.3, 0.4) is 0 Å². The van der Waals surface area contributed by atoms with Crippen LogP contribution in [0.15, 0.2) is 30.3 Å². The van der Waals surface area contributed by atoms with Gasteiger partial charge in [-0.3, -0.25) is 0 Å². The van der Waals surface area contributed by atoms with E-state index in [1.54, 1.807) is 0 Å². The number of aromatic amines is 1. The summed E-state index contributed by atoms with van der Waals surface area (Å²) >= 11 is 0. The maximum atomic E-state index is 14.0. The molecule has 2 atom stereocenters. The first-order chi connectivity index (χ1) is 14.6. The summed E-state index contributed by atoms with van der Waals surface area (Å²) in [5, 5.41) is 3.15. The van der Waals surface area contributed by atoms with Crippen molar-refractivity contribution in [1.29, 1.82) is 0 Å². The van der Waals surface area contributed by atoms with Gasteiger partial charge in [0.2, 0.25) is 5.79 Å². The predicted octanol–water partition coefficient (Wildman–Crippen LogP) is 4.30. The highest BCUT2D eigenvalue weighted by Gasteiger charge is 2.52. The van der Waals surface area contributed by atoms with Gasteiger partial charge < -0.3 is 24.5 Å². The van der Waals surface area contributed by atoms with E-state index in [1.165, 1.54) is 18.2 Å². The Balaban J connectivity index is 1.41. The van der Waals surface area contributed by atoms with Crippen molar-refractivity contribution >= 4 is 16.7 Å². The number of hydrogen-bond donors (Lipinski definition) is 2. The van der Waals surface area contributed by atoms with Crippen molar-refractivity contribution < 1.29 is 23.0 Å². The van der Waals surface area contributed by atoms with Gasteiger partial charge in [0.1, 0.15) is 17.7 Å². The molecule has 0 radical (unpaired) electrons. The summed E-state index contributed by atoms with van der Waals surface area (Å²) in [6.45, 7) is 3.27. The van der Waals surface area contributed by atoms with E-state index >= 15 is 0 Å². The Labute approximate surface area is 172 Å². The number of anilines is 1. The van der Waals surface area contributed by atoms with Gasteiger partial charge in [-0.25, -0.2) is 8.78 Å². The molecule has 1 aromatic heterocycles. The fourth-order valence-electron chi connectivity index (χ4n) is 4.22. The molecule has 3 aromatic rings. The Kier molecular flexibility index (Phi) is 4.83. The van der Waals surface area contributed by atoms with E-state index in [0.29, 0.717) is 31.2 Å². The molecule has 3 heterocycles. The Morgan fingerprint density at radius 1 is 1.27 bits per heavy atom. The van der Waals surface area contributed by atoms with Gasteiger partial charge in [0.15, 0.2) is 0 Å². The maximum Gasteiger partial charge on any atom is 0.297 e. The molecule has 158 valence electrons. The highest BCUT2D eigenvalue weighted by Crippen LogP contribution is 2.39. The largest absolute Gasteiger partial charge is 0.429 e. The molecule has 0 unspecified atom stereocenters. The topological polar surface area (TPSA) is 68.4 Å². The molecule has 0 saturated carbocycles. The van der Waals surface area contributed by atoms with Gasteiger partial charge in [-0.05, 0) is 36.2 Å². The summed E-state index contributed by atoms with van der Waals surface area (Å²) in [7, 11) is 0. The number of ether oxygens (including phenoxy) is 3. The van der Waals surface area contributed by atoms with Crippen LogP contribution in [0.5, 0.6) is 6.01 Å². The molecule has 2 fully saturated rings. The average Bonchev–Trinajstić information content (AvgIpc) is 3.40. The molecule has 2 aromatic carbocycles. The van der Waals surface area contributed by atoms with Crippen molar-refractivity contribution in [3.05, 3.63) is 53.1 Å². The third-order valence-corrected chi connectivity index (χ3v) is 5.84. The lowest BCUT2D eigenvalue weighted by Crippen LogP contribution is -2.41. The van der Waals surface area contributed by atoms with Gasteiger partial charge in [-0.15, -0.1) is 0 Å². The molecule has 2 aliphatic heterocycles. The molecular weight excluding hydrogens is 392 g/mol. The lowest BCUT2D eigenvalue weighted by molar-refractivity contribution is -0.167. The van der Waals surface area contributed by atoms with Crippen molar-refractivity contribution in [3.8, 4) is 6.01 Å². The monoisotopic (exact) mass is 415 g/mol. The zero-order chi connectivity index (χ0) is 20.7. The van der Waals surface area contributed by atoms with Crippen LogP contribution in [0.4, 0.5) is 14.5 Å². The van der Waals surface area contributed by atoms with Crippen molar-refractivity contribution in [2.45, 2.75) is 44.6 Å². The first kappa shape index (κ1) is 19.3. The number of rotatable bonds is 6. The first-order valence-electron chi connectivity index (χ1n) is 10.2. The smallest absolute Gasteiger partial charge is 0.297 e. The number of aryl methyl sites for hydroxylation is 1. The third-order valence-electron chi connectivity index (χ3n) is 5.84. The molecule has 6 nitrogen and oxygen atoms in total. The lowest BCUT2D eigenvalue weighted by Gasteiger charge is -2.25. The van der Waals surface area contributed by atoms with E-state index in [9.17, 15) is 8.78 Å². The van der Waals surface area contributed by atoms with Gasteiger partial charge in [-0.2, -0.15) is 4.98 Å². The standard InChI is InChI=1S/C22H23F2N3O3/c1-2-13-10-18-19(11-17(13)25-12-14-15(23)4-3-5-16(14)24)27-21(26-18)30-22-7-9-28-20(22)6-8-29-22/h3-5,10-11,20,25H,2,6-9,12H2,1H3,(H,26,27)/t20-,22+/m1/s1. The molecule has 30 heavy (non-hydrogen) atoms. The molecule has 2 aliphatic rings. The summed E-state index contributed by atoms with van der Waals surface area (Å²) < 4.78 is 45.6. The lowest BCUT2D eigenvalue weighted by atomic mass is 10.1. The second-order valence-corrected chi connectivity index (χ2v) is 7.64. The fourth-order valence-corrected chi connectivity index (χ4v) is 4.22. The highest BCUT2D eigenvalue weighted by molar-refractivity contribution is 5.82. The molecule has 2 saturated heterocycles. The number of imidazole rings is 1. The average molecular weight is 415 g/mol. The van der Waals surface area contributed by atoms with E-state index < -0.39 is 17.4 Å². The molecule has 8 heteroatoms.